The first-order valence-electron chi connectivity index (χ1n) is 9.21. The largest absolute Gasteiger partial charge is 0.356 e. The third-order valence-electron chi connectivity index (χ3n) is 4.62. The molecule has 0 radical (unpaired) electrons. The van der Waals surface area contributed by atoms with E-state index in [0.29, 0.717) is 43.3 Å². The second-order valence-corrected chi connectivity index (χ2v) is 6.59. The summed E-state index contributed by atoms with van der Waals surface area (Å²) in [6.07, 6.45) is 2.20. The molecule has 2 heterocycles. The van der Waals surface area contributed by atoms with Gasteiger partial charge in [-0.15, -0.1) is 0 Å². The van der Waals surface area contributed by atoms with Crippen LogP contribution in [0, 0.1) is 11.7 Å². The summed E-state index contributed by atoms with van der Waals surface area (Å²) in [6.45, 7) is 3.60. The number of likely N-dealkylation sites (tertiary alicyclic amines) is 1. The van der Waals surface area contributed by atoms with Crippen molar-refractivity contribution < 1.29 is 18.5 Å². The molecule has 1 aliphatic rings. The van der Waals surface area contributed by atoms with E-state index < -0.39 is 0 Å². The SMILES string of the molecule is CCNC(=O)[C@H]1CCCN(C(=O)CCc2nc(-c3ccc(F)cc3)no2)C1. The Morgan fingerprint density at radius 3 is 2.85 bits per heavy atom. The number of nitrogens with zero attached hydrogens (tertiary/aromatic N) is 3. The molecular formula is C19H23FN4O3. The summed E-state index contributed by atoms with van der Waals surface area (Å²) in [7, 11) is 0. The normalized spacial score (nSPS) is 17.0. The molecular weight excluding hydrogens is 351 g/mol. The third kappa shape index (κ3) is 4.90. The molecule has 0 bridgehead atoms. The van der Waals surface area contributed by atoms with E-state index in [2.05, 4.69) is 15.5 Å². The van der Waals surface area contributed by atoms with Crippen LogP contribution in [0.3, 0.4) is 0 Å². The average Bonchev–Trinajstić information content (AvgIpc) is 3.16. The van der Waals surface area contributed by atoms with Gasteiger partial charge in [-0.05, 0) is 44.0 Å². The average molecular weight is 374 g/mol. The highest BCUT2D eigenvalue weighted by Gasteiger charge is 2.28. The maximum Gasteiger partial charge on any atom is 0.227 e. The van der Waals surface area contributed by atoms with Gasteiger partial charge in [-0.3, -0.25) is 9.59 Å². The fraction of sp³-hybridized carbons (Fsp3) is 0.474. The Bertz CT molecular complexity index is 791. The minimum absolute atomic E-state index is 0.0100. The predicted octanol–water partition coefficient (Wildman–Crippen LogP) is 2.18. The Kier molecular flexibility index (Phi) is 6.16. The molecule has 1 saturated heterocycles. The van der Waals surface area contributed by atoms with Crippen molar-refractivity contribution in [1.29, 1.82) is 0 Å². The van der Waals surface area contributed by atoms with E-state index in [9.17, 15) is 14.0 Å². The van der Waals surface area contributed by atoms with E-state index >= 15 is 0 Å². The van der Waals surface area contributed by atoms with Gasteiger partial charge in [0.25, 0.3) is 0 Å². The van der Waals surface area contributed by atoms with Crippen LogP contribution in [0.5, 0.6) is 0 Å². The Labute approximate surface area is 156 Å². The molecule has 1 aromatic heterocycles. The number of aromatic nitrogens is 2. The van der Waals surface area contributed by atoms with Crippen molar-refractivity contribution in [2.45, 2.75) is 32.6 Å². The number of benzene rings is 1. The number of carbonyl (C=O) groups excluding carboxylic acids is 2. The minimum atomic E-state index is -0.333. The summed E-state index contributed by atoms with van der Waals surface area (Å²) < 4.78 is 18.2. The van der Waals surface area contributed by atoms with Gasteiger partial charge in [0, 0.05) is 38.0 Å². The number of amides is 2. The molecule has 1 aromatic carbocycles. The smallest absolute Gasteiger partial charge is 0.227 e. The van der Waals surface area contributed by atoms with E-state index in [1.807, 2.05) is 6.92 Å². The van der Waals surface area contributed by atoms with Gasteiger partial charge in [-0.25, -0.2) is 4.39 Å². The van der Waals surface area contributed by atoms with Gasteiger partial charge in [0.1, 0.15) is 5.82 Å². The van der Waals surface area contributed by atoms with Crippen LogP contribution in [0.15, 0.2) is 28.8 Å². The number of rotatable bonds is 6. The third-order valence-corrected chi connectivity index (χ3v) is 4.62. The highest BCUT2D eigenvalue weighted by molar-refractivity contribution is 5.81. The van der Waals surface area contributed by atoms with E-state index in [1.165, 1.54) is 12.1 Å². The highest BCUT2D eigenvalue weighted by atomic mass is 19.1. The Balaban J connectivity index is 1.53. The summed E-state index contributed by atoms with van der Waals surface area (Å²) in [5.41, 5.74) is 0.651. The lowest BCUT2D eigenvalue weighted by atomic mass is 9.96. The van der Waals surface area contributed by atoms with Crippen LogP contribution in [0.2, 0.25) is 0 Å². The van der Waals surface area contributed by atoms with Crippen LogP contribution in [0.1, 0.15) is 32.1 Å². The molecule has 1 N–H and O–H groups in total. The van der Waals surface area contributed by atoms with Crippen molar-refractivity contribution in [1.82, 2.24) is 20.4 Å². The summed E-state index contributed by atoms with van der Waals surface area (Å²) in [4.78, 5) is 30.5. The van der Waals surface area contributed by atoms with Crippen LogP contribution >= 0.6 is 0 Å². The molecule has 1 aliphatic heterocycles. The molecule has 144 valence electrons. The van der Waals surface area contributed by atoms with Crippen molar-refractivity contribution in [3.05, 3.63) is 36.0 Å². The Hall–Kier alpha value is -2.77. The zero-order valence-corrected chi connectivity index (χ0v) is 15.3. The van der Waals surface area contributed by atoms with Gasteiger partial charge in [-0.1, -0.05) is 5.16 Å². The number of hydrogen-bond donors (Lipinski definition) is 1. The molecule has 1 fully saturated rings. The molecule has 8 heteroatoms. The molecule has 3 rings (SSSR count). The zero-order valence-electron chi connectivity index (χ0n) is 15.3. The lowest BCUT2D eigenvalue weighted by Crippen LogP contribution is -2.45. The highest BCUT2D eigenvalue weighted by Crippen LogP contribution is 2.19. The van der Waals surface area contributed by atoms with Crippen LogP contribution in [-0.4, -0.2) is 46.5 Å². The fourth-order valence-corrected chi connectivity index (χ4v) is 3.18. The second kappa shape index (κ2) is 8.75. The standard InChI is InChI=1S/C19H23FN4O3/c1-2-21-19(26)14-4-3-11-24(12-14)17(25)10-9-16-22-18(23-27-16)13-5-7-15(20)8-6-13/h5-8,14H,2-4,9-12H2,1H3,(H,21,26)/t14-/m0/s1. The van der Waals surface area contributed by atoms with Gasteiger partial charge in [0.15, 0.2) is 0 Å². The number of halogens is 1. The Morgan fingerprint density at radius 2 is 2.11 bits per heavy atom. The first-order valence-corrected chi connectivity index (χ1v) is 9.21. The van der Waals surface area contributed by atoms with Crippen molar-refractivity contribution >= 4 is 11.8 Å². The van der Waals surface area contributed by atoms with E-state index in [0.717, 1.165) is 12.8 Å². The molecule has 7 nitrogen and oxygen atoms in total. The number of hydrogen-bond acceptors (Lipinski definition) is 5. The molecule has 27 heavy (non-hydrogen) atoms. The van der Waals surface area contributed by atoms with Gasteiger partial charge < -0.3 is 14.7 Å². The number of nitrogens with one attached hydrogen (secondary N) is 1. The van der Waals surface area contributed by atoms with Gasteiger partial charge in [0.2, 0.25) is 23.5 Å². The lowest BCUT2D eigenvalue weighted by molar-refractivity contribution is -0.135. The zero-order chi connectivity index (χ0) is 19.2. The molecule has 0 spiro atoms. The maximum atomic E-state index is 13.0. The first kappa shape index (κ1) is 19.0. The van der Waals surface area contributed by atoms with Crippen LogP contribution in [0.25, 0.3) is 11.4 Å². The monoisotopic (exact) mass is 374 g/mol. The topological polar surface area (TPSA) is 88.3 Å². The summed E-state index contributed by atoms with van der Waals surface area (Å²) in [5.74, 6) is 0.240. The van der Waals surface area contributed by atoms with Crippen LogP contribution in [-0.2, 0) is 16.0 Å². The molecule has 0 saturated carbocycles. The molecule has 0 unspecified atom stereocenters. The quantitative estimate of drug-likeness (QED) is 0.837. The van der Waals surface area contributed by atoms with Crippen molar-refractivity contribution in [3.8, 4) is 11.4 Å². The van der Waals surface area contributed by atoms with E-state index in [1.54, 1.807) is 17.0 Å². The van der Waals surface area contributed by atoms with Crippen LogP contribution in [0.4, 0.5) is 4.39 Å². The second-order valence-electron chi connectivity index (χ2n) is 6.59. The lowest BCUT2D eigenvalue weighted by Gasteiger charge is -2.32. The van der Waals surface area contributed by atoms with Crippen LogP contribution < -0.4 is 5.32 Å². The van der Waals surface area contributed by atoms with Gasteiger partial charge in [0.05, 0.1) is 5.92 Å². The van der Waals surface area contributed by atoms with Crippen molar-refractivity contribution in [3.63, 3.8) is 0 Å². The van der Waals surface area contributed by atoms with Crippen molar-refractivity contribution in [2.75, 3.05) is 19.6 Å². The van der Waals surface area contributed by atoms with Crippen molar-refractivity contribution in [2.24, 2.45) is 5.92 Å². The maximum absolute atomic E-state index is 13.0. The summed E-state index contributed by atoms with van der Waals surface area (Å²) >= 11 is 0. The minimum Gasteiger partial charge on any atom is -0.356 e. The predicted molar refractivity (Wildman–Crippen MR) is 96.0 cm³/mol. The molecule has 0 aliphatic carbocycles. The van der Waals surface area contributed by atoms with E-state index in [4.69, 9.17) is 4.52 Å². The number of piperidine rings is 1. The number of aryl methyl sites for hydroxylation is 1. The molecule has 2 aromatic rings. The summed E-state index contributed by atoms with van der Waals surface area (Å²) in [5, 5.41) is 6.70. The van der Waals surface area contributed by atoms with Gasteiger partial charge >= 0.3 is 0 Å². The van der Waals surface area contributed by atoms with Gasteiger partial charge in [-0.2, -0.15) is 4.98 Å². The first-order chi connectivity index (χ1) is 13.1. The fourth-order valence-electron chi connectivity index (χ4n) is 3.18. The molecule has 2 amide bonds. The summed E-state index contributed by atoms with van der Waals surface area (Å²) in [6, 6.07) is 5.81. The molecule has 1 atom stereocenters. The number of carbonyl (C=O) groups is 2. The Morgan fingerprint density at radius 1 is 1.33 bits per heavy atom. The van der Waals surface area contributed by atoms with E-state index in [-0.39, 0.29) is 30.0 Å².